The summed E-state index contributed by atoms with van der Waals surface area (Å²) in [5.41, 5.74) is 1.94. The molecule has 0 bridgehead atoms. The maximum Gasteiger partial charge on any atom is 0.264 e. The van der Waals surface area contributed by atoms with Gasteiger partial charge in [0, 0.05) is 24.8 Å². The molecule has 1 aliphatic heterocycles. The lowest BCUT2D eigenvalue weighted by molar-refractivity contribution is 0.0300. The number of pyridine rings is 1. The number of aromatic nitrogens is 1. The summed E-state index contributed by atoms with van der Waals surface area (Å²) in [5, 5.41) is 0. The van der Waals surface area contributed by atoms with E-state index in [0.29, 0.717) is 37.9 Å². The van der Waals surface area contributed by atoms with E-state index in [0.717, 1.165) is 24.1 Å². The summed E-state index contributed by atoms with van der Waals surface area (Å²) >= 11 is 0. The van der Waals surface area contributed by atoms with Gasteiger partial charge in [-0.05, 0) is 38.3 Å². The molecular weight excluding hydrogens is 256 g/mol. The predicted octanol–water partition coefficient (Wildman–Crippen LogP) is 1.27. The quantitative estimate of drug-likeness (QED) is 0.817. The van der Waals surface area contributed by atoms with E-state index in [4.69, 9.17) is 4.74 Å². The maximum absolute atomic E-state index is 12.7. The van der Waals surface area contributed by atoms with Crippen LogP contribution in [0.25, 0.3) is 0 Å². The number of carbonyl (C=O) groups is 1. The van der Waals surface area contributed by atoms with Crippen molar-refractivity contribution < 1.29 is 9.53 Å². The first-order valence-corrected chi connectivity index (χ1v) is 7.19. The average molecular weight is 276 g/mol. The molecule has 108 valence electrons. The van der Waals surface area contributed by atoms with Crippen LogP contribution >= 0.6 is 0 Å². The topological polar surface area (TPSA) is 51.5 Å². The van der Waals surface area contributed by atoms with Gasteiger partial charge in [-0.2, -0.15) is 0 Å². The fraction of sp³-hybridized carbons (Fsp3) is 0.600. The Morgan fingerprint density at radius 2 is 1.90 bits per heavy atom. The smallest absolute Gasteiger partial charge is 0.264 e. The zero-order valence-corrected chi connectivity index (χ0v) is 12.0. The van der Waals surface area contributed by atoms with Crippen molar-refractivity contribution in [3.8, 4) is 0 Å². The molecule has 1 saturated heterocycles. The highest BCUT2D eigenvalue weighted by Crippen LogP contribution is 2.34. The van der Waals surface area contributed by atoms with Gasteiger partial charge >= 0.3 is 0 Å². The molecule has 1 aromatic rings. The Morgan fingerprint density at radius 1 is 1.25 bits per heavy atom. The van der Waals surface area contributed by atoms with Crippen molar-refractivity contribution in [2.75, 3.05) is 26.3 Å². The van der Waals surface area contributed by atoms with Crippen LogP contribution in [-0.2, 0) is 4.74 Å². The van der Waals surface area contributed by atoms with Crippen molar-refractivity contribution in [1.82, 2.24) is 9.47 Å². The lowest BCUT2D eigenvalue weighted by Crippen LogP contribution is -2.44. The van der Waals surface area contributed by atoms with Gasteiger partial charge in [0.05, 0.1) is 13.2 Å². The largest absolute Gasteiger partial charge is 0.378 e. The molecule has 0 spiro atoms. The van der Waals surface area contributed by atoms with Gasteiger partial charge in [0.25, 0.3) is 11.5 Å². The summed E-state index contributed by atoms with van der Waals surface area (Å²) in [6.45, 7) is 6.01. The maximum atomic E-state index is 12.7. The minimum absolute atomic E-state index is 0.124. The van der Waals surface area contributed by atoms with Crippen LogP contribution in [0.15, 0.2) is 10.9 Å². The van der Waals surface area contributed by atoms with Crippen molar-refractivity contribution in [3.63, 3.8) is 0 Å². The van der Waals surface area contributed by atoms with Crippen LogP contribution in [0.3, 0.4) is 0 Å². The monoisotopic (exact) mass is 276 g/mol. The number of hydrogen-bond acceptors (Lipinski definition) is 3. The van der Waals surface area contributed by atoms with Crippen molar-refractivity contribution in [1.29, 1.82) is 0 Å². The number of aryl methyl sites for hydroxylation is 2. The number of rotatable bonds is 2. The molecule has 2 fully saturated rings. The van der Waals surface area contributed by atoms with Crippen molar-refractivity contribution in [2.45, 2.75) is 32.7 Å². The Labute approximate surface area is 118 Å². The number of morpholine rings is 1. The summed E-state index contributed by atoms with van der Waals surface area (Å²) in [4.78, 5) is 27.0. The molecule has 20 heavy (non-hydrogen) atoms. The van der Waals surface area contributed by atoms with Crippen LogP contribution in [0, 0.1) is 13.8 Å². The van der Waals surface area contributed by atoms with E-state index >= 15 is 0 Å². The number of amides is 1. The van der Waals surface area contributed by atoms with E-state index < -0.39 is 0 Å². The first-order chi connectivity index (χ1) is 9.59. The SMILES string of the molecule is Cc1cc(C)n(C2CC2)c(=O)c1C(=O)N1CCOCC1. The summed E-state index contributed by atoms with van der Waals surface area (Å²) in [6, 6.07) is 2.24. The van der Waals surface area contributed by atoms with Crippen LogP contribution in [-0.4, -0.2) is 41.7 Å². The third-order valence-electron chi connectivity index (χ3n) is 4.06. The van der Waals surface area contributed by atoms with Gasteiger partial charge in [-0.25, -0.2) is 0 Å². The summed E-state index contributed by atoms with van der Waals surface area (Å²) in [7, 11) is 0. The normalized spacial score (nSPS) is 19.2. The van der Waals surface area contributed by atoms with Crippen molar-refractivity contribution in [2.24, 2.45) is 0 Å². The molecule has 0 aromatic carbocycles. The molecule has 0 unspecified atom stereocenters. The second-order valence-corrected chi connectivity index (χ2v) is 5.65. The van der Waals surface area contributed by atoms with Crippen LogP contribution in [0.5, 0.6) is 0 Å². The Kier molecular flexibility index (Phi) is 3.38. The molecule has 2 heterocycles. The van der Waals surface area contributed by atoms with Gasteiger partial charge in [0.15, 0.2) is 0 Å². The summed E-state index contributed by atoms with van der Waals surface area (Å²) in [5.74, 6) is -0.148. The third-order valence-corrected chi connectivity index (χ3v) is 4.06. The van der Waals surface area contributed by atoms with Crippen LogP contribution in [0.2, 0.25) is 0 Å². The molecule has 1 aliphatic carbocycles. The average Bonchev–Trinajstić information content (AvgIpc) is 3.23. The number of carbonyl (C=O) groups excluding carboxylic acids is 1. The molecule has 1 amide bonds. The number of ether oxygens (including phenoxy) is 1. The molecule has 1 saturated carbocycles. The molecule has 1 aromatic heterocycles. The lowest BCUT2D eigenvalue weighted by atomic mass is 10.1. The zero-order valence-electron chi connectivity index (χ0n) is 12.0. The molecule has 3 rings (SSSR count). The van der Waals surface area contributed by atoms with Gasteiger partial charge in [-0.3, -0.25) is 9.59 Å². The minimum Gasteiger partial charge on any atom is -0.378 e. The fourth-order valence-corrected chi connectivity index (χ4v) is 2.88. The van der Waals surface area contributed by atoms with Gasteiger partial charge in [0.2, 0.25) is 0 Å². The van der Waals surface area contributed by atoms with Crippen molar-refractivity contribution >= 4 is 5.91 Å². The minimum atomic E-state index is -0.148. The first-order valence-electron chi connectivity index (χ1n) is 7.19. The second-order valence-electron chi connectivity index (χ2n) is 5.65. The van der Waals surface area contributed by atoms with Crippen LogP contribution in [0.1, 0.15) is 40.5 Å². The lowest BCUT2D eigenvalue weighted by Gasteiger charge is -2.27. The Morgan fingerprint density at radius 3 is 2.50 bits per heavy atom. The molecular formula is C15H20N2O3. The highest BCUT2D eigenvalue weighted by atomic mass is 16.5. The van der Waals surface area contributed by atoms with Gasteiger partial charge in [0.1, 0.15) is 5.56 Å². The Bertz CT molecular complexity index is 596. The third kappa shape index (κ3) is 2.26. The van der Waals surface area contributed by atoms with Crippen LogP contribution in [0.4, 0.5) is 0 Å². The summed E-state index contributed by atoms with van der Waals surface area (Å²) in [6.07, 6.45) is 2.07. The molecule has 0 atom stereocenters. The highest BCUT2D eigenvalue weighted by Gasteiger charge is 2.30. The first kappa shape index (κ1) is 13.4. The number of nitrogens with zero attached hydrogens (tertiary/aromatic N) is 2. The molecule has 0 radical (unpaired) electrons. The van der Waals surface area contributed by atoms with Gasteiger partial charge < -0.3 is 14.2 Å². The molecule has 5 nitrogen and oxygen atoms in total. The number of hydrogen-bond donors (Lipinski definition) is 0. The fourth-order valence-electron chi connectivity index (χ4n) is 2.88. The molecule has 0 N–H and O–H groups in total. The highest BCUT2D eigenvalue weighted by molar-refractivity contribution is 5.95. The summed E-state index contributed by atoms with van der Waals surface area (Å²) < 4.78 is 7.05. The molecule has 2 aliphatic rings. The predicted molar refractivity (Wildman–Crippen MR) is 75.2 cm³/mol. The van der Waals surface area contributed by atoms with E-state index in [-0.39, 0.29) is 11.5 Å². The van der Waals surface area contributed by atoms with E-state index in [9.17, 15) is 9.59 Å². The Balaban J connectivity index is 2.01. The van der Waals surface area contributed by atoms with E-state index in [1.54, 1.807) is 9.47 Å². The van der Waals surface area contributed by atoms with Gasteiger partial charge in [-0.15, -0.1) is 0 Å². The van der Waals surface area contributed by atoms with Crippen molar-refractivity contribution in [3.05, 3.63) is 33.2 Å². The second kappa shape index (κ2) is 5.05. The van der Waals surface area contributed by atoms with E-state index in [1.165, 1.54) is 0 Å². The standard InChI is InChI=1S/C15H20N2O3/c1-10-9-11(2)17(12-3-4-12)15(19)13(10)14(18)16-5-7-20-8-6-16/h9,12H,3-8H2,1-2H3. The molecule has 5 heteroatoms. The van der Waals surface area contributed by atoms with Crippen LogP contribution < -0.4 is 5.56 Å². The van der Waals surface area contributed by atoms with E-state index in [2.05, 4.69) is 0 Å². The van der Waals surface area contributed by atoms with E-state index in [1.807, 2.05) is 19.9 Å². The Hall–Kier alpha value is -1.62. The van der Waals surface area contributed by atoms with Gasteiger partial charge in [-0.1, -0.05) is 0 Å². The zero-order chi connectivity index (χ0) is 14.3.